The van der Waals surface area contributed by atoms with Gasteiger partial charge in [-0.15, -0.1) is 6.42 Å². The minimum Gasteiger partial charge on any atom is -0.383 e. The fraction of sp³-hybridized carbons (Fsp3) is 0.133. The molecule has 0 aromatic carbocycles. The van der Waals surface area contributed by atoms with E-state index in [4.69, 9.17) is 17.9 Å². The number of hydrogen-bond acceptors (Lipinski definition) is 5. The Hall–Kier alpha value is -2.87. The van der Waals surface area contributed by atoms with Crippen LogP contribution in [-0.4, -0.2) is 15.0 Å². The van der Waals surface area contributed by atoms with Crippen molar-refractivity contribution in [1.29, 1.82) is 0 Å². The fourth-order valence-electron chi connectivity index (χ4n) is 1.88. The van der Waals surface area contributed by atoms with Crippen molar-refractivity contribution < 1.29 is 0 Å². The van der Waals surface area contributed by atoms with Gasteiger partial charge in [-0.25, -0.2) is 9.97 Å². The lowest BCUT2D eigenvalue weighted by Gasteiger charge is -2.11. The van der Waals surface area contributed by atoms with Crippen LogP contribution in [0.25, 0.3) is 5.57 Å². The molecule has 0 saturated heterocycles. The van der Waals surface area contributed by atoms with Gasteiger partial charge in [0.05, 0.1) is 0 Å². The molecule has 0 fully saturated rings. The second-order valence-corrected chi connectivity index (χ2v) is 4.47. The van der Waals surface area contributed by atoms with Crippen LogP contribution in [0.2, 0.25) is 0 Å². The molecule has 5 nitrogen and oxygen atoms in total. The van der Waals surface area contributed by atoms with Crippen molar-refractivity contribution in [2.24, 2.45) is 0 Å². The largest absolute Gasteiger partial charge is 0.383 e. The van der Waals surface area contributed by atoms with Crippen LogP contribution in [0.3, 0.4) is 0 Å². The number of hydrogen-bond donors (Lipinski definition) is 2. The van der Waals surface area contributed by atoms with E-state index in [1.807, 2.05) is 13.0 Å². The van der Waals surface area contributed by atoms with Crippen LogP contribution in [0.1, 0.15) is 29.3 Å². The molecule has 0 aliphatic carbocycles. The Morgan fingerprint density at radius 1 is 1.30 bits per heavy atom. The third-order valence-corrected chi connectivity index (χ3v) is 2.89. The van der Waals surface area contributed by atoms with Gasteiger partial charge in [0.2, 0.25) is 5.95 Å². The van der Waals surface area contributed by atoms with Crippen molar-refractivity contribution in [3.05, 3.63) is 47.4 Å². The van der Waals surface area contributed by atoms with Gasteiger partial charge in [0.25, 0.3) is 0 Å². The van der Waals surface area contributed by atoms with Crippen LogP contribution in [0.4, 0.5) is 11.8 Å². The van der Waals surface area contributed by atoms with Crippen LogP contribution < -0.4 is 11.5 Å². The molecule has 0 saturated carbocycles. The normalized spacial score (nSPS) is 10.0. The molecule has 0 aliphatic rings. The molecule has 2 rings (SSSR count). The summed E-state index contributed by atoms with van der Waals surface area (Å²) in [5, 5.41) is 0. The number of nitrogens with zero attached hydrogens (tertiary/aromatic N) is 3. The van der Waals surface area contributed by atoms with Gasteiger partial charge in [-0.1, -0.05) is 12.5 Å². The summed E-state index contributed by atoms with van der Waals surface area (Å²) >= 11 is 0. The number of aromatic nitrogens is 3. The van der Waals surface area contributed by atoms with E-state index in [1.54, 1.807) is 12.4 Å². The zero-order chi connectivity index (χ0) is 14.7. The van der Waals surface area contributed by atoms with E-state index < -0.39 is 0 Å². The Morgan fingerprint density at radius 3 is 2.65 bits per heavy atom. The monoisotopic (exact) mass is 265 g/mol. The van der Waals surface area contributed by atoms with Crippen molar-refractivity contribution in [3.8, 4) is 12.3 Å². The highest BCUT2D eigenvalue weighted by atomic mass is 15.0. The molecular formula is C15H15N5. The van der Waals surface area contributed by atoms with Gasteiger partial charge in [-0.2, -0.15) is 4.98 Å². The lowest BCUT2D eigenvalue weighted by atomic mass is 9.98. The first kappa shape index (κ1) is 13.6. The highest BCUT2D eigenvalue weighted by Crippen LogP contribution is 2.22. The van der Waals surface area contributed by atoms with Gasteiger partial charge in [0.1, 0.15) is 11.5 Å². The molecule has 0 atom stereocenters. The molecule has 0 amide bonds. The van der Waals surface area contributed by atoms with E-state index in [-0.39, 0.29) is 5.95 Å². The molecule has 0 bridgehead atoms. The maximum atomic E-state index is 5.86. The third kappa shape index (κ3) is 2.75. The van der Waals surface area contributed by atoms with Crippen LogP contribution in [-0.2, 0) is 6.42 Å². The molecule has 0 aliphatic heterocycles. The maximum Gasteiger partial charge on any atom is 0.221 e. The van der Waals surface area contributed by atoms with Crippen LogP contribution >= 0.6 is 0 Å². The van der Waals surface area contributed by atoms with Gasteiger partial charge < -0.3 is 11.5 Å². The smallest absolute Gasteiger partial charge is 0.221 e. The predicted molar refractivity (Wildman–Crippen MR) is 80.5 cm³/mol. The summed E-state index contributed by atoms with van der Waals surface area (Å²) in [6, 6.07) is 1.85. The fourth-order valence-corrected chi connectivity index (χ4v) is 1.88. The number of nitrogens with two attached hydrogens (primary N) is 2. The van der Waals surface area contributed by atoms with E-state index >= 15 is 0 Å². The molecule has 2 heterocycles. The topological polar surface area (TPSA) is 90.7 Å². The standard InChI is InChI=1S/C15H15N5/c1-4-12-6-10(13(8-18-12)9(2)3)5-11-7-19-15(17)20-14(11)16/h1,6-8H,2,5H2,3H3,(H4,16,17,19,20). The number of pyridine rings is 1. The van der Waals surface area contributed by atoms with Gasteiger partial charge in [0, 0.05) is 24.4 Å². The lowest BCUT2D eigenvalue weighted by Crippen LogP contribution is -2.05. The van der Waals surface area contributed by atoms with E-state index in [0.717, 1.165) is 22.3 Å². The highest BCUT2D eigenvalue weighted by molar-refractivity contribution is 5.65. The number of nitrogen functional groups attached to an aromatic ring is 2. The third-order valence-electron chi connectivity index (χ3n) is 2.89. The summed E-state index contributed by atoms with van der Waals surface area (Å²) in [6.45, 7) is 5.86. The van der Waals surface area contributed by atoms with Crippen molar-refractivity contribution >= 4 is 17.3 Å². The number of anilines is 2. The number of rotatable bonds is 3. The number of terminal acetylenes is 1. The summed E-state index contributed by atoms with van der Waals surface area (Å²) in [5.41, 5.74) is 15.5. The summed E-state index contributed by atoms with van der Waals surface area (Å²) in [7, 11) is 0. The summed E-state index contributed by atoms with van der Waals surface area (Å²) in [4.78, 5) is 12.1. The molecule has 0 unspecified atom stereocenters. The van der Waals surface area contributed by atoms with Crippen molar-refractivity contribution in [2.75, 3.05) is 11.5 Å². The quantitative estimate of drug-likeness (QED) is 0.823. The first-order valence-electron chi connectivity index (χ1n) is 5.99. The van der Waals surface area contributed by atoms with E-state index in [9.17, 15) is 0 Å². The zero-order valence-corrected chi connectivity index (χ0v) is 11.2. The van der Waals surface area contributed by atoms with Gasteiger partial charge in [0.15, 0.2) is 0 Å². The van der Waals surface area contributed by atoms with Crippen molar-refractivity contribution in [1.82, 2.24) is 15.0 Å². The Bertz CT molecular complexity index is 713. The minimum absolute atomic E-state index is 0.158. The molecule has 100 valence electrons. The highest BCUT2D eigenvalue weighted by Gasteiger charge is 2.10. The second kappa shape index (κ2) is 5.41. The predicted octanol–water partition coefficient (Wildman–Crippen LogP) is 1.64. The van der Waals surface area contributed by atoms with Crippen molar-refractivity contribution in [3.63, 3.8) is 0 Å². The summed E-state index contributed by atoms with van der Waals surface area (Å²) in [5.74, 6) is 3.04. The second-order valence-electron chi connectivity index (χ2n) is 4.47. The van der Waals surface area contributed by atoms with Gasteiger partial charge >= 0.3 is 0 Å². The first-order valence-corrected chi connectivity index (χ1v) is 5.99. The Labute approximate surface area is 117 Å². The Morgan fingerprint density at radius 2 is 2.05 bits per heavy atom. The molecule has 5 heteroatoms. The molecule has 2 aromatic rings. The molecule has 4 N–H and O–H groups in total. The van der Waals surface area contributed by atoms with Crippen LogP contribution in [0.5, 0.6) is 0 Å². The average Bonchev–Trinajstić information content (AvgIpc) is 2.41. The lowest BCUT2D eigenvalue weighted by molar-refractivity contribution is 1.07. The Balaban J connectivity index is 2.46. The first-order chi connectivity index (χ1) is 9.51. The van der Waals surface area contributed by atoms with E-state index in [1.165, 1.54) is 0 Å². The van der Waals surface area contributed by atoms with Crippen LogP contribution in [0, 0.1) is 12.3 Å². The average molecular weight is 265 g/mol. The van der Waals surface area contributed by atoms with E-state index in [2.05, 4.69) is 27.5 Å². The Kier molecular flexibility index (Phi) is 3.67. The van der Waals surface area contributed by atoms with Gasteiger partial charge in [-0.05, 0) is 29.7 Å². The molecule has 2 aromatic heterocycles. The summed E-state index contributed by atoms with van der Waals surface area (Å²) < 4.78 is 0. The van der Waals surface area contributed by atoms with Gasteiger partial charge in [-0.3, -0.25) is 0 Å². The minimum atomic E-state index is 0.158. The molecule has 0 spiro atoms. The summed E-state index contributed by atoms with van der Waals surface area (Å²) in [6.07, 6.45) is 9.28. The number of allylic oxidation sites excluding steroid dienone is 1. The molecule has 20 heavy (non-hydrogen) atoms. The van der Waals surface area contributed by atoms with Crippen LogP contribution in [0.15, 0.2) is 25.0 Å². The SMILES string of the molecule is C#Cc1cc(Cc2cnc(N)nc2N)c(C(=C)C)cn1. The zero-order valence-electron chi connectivity index (χ0n) is 11.2. The molecule has 0 radical (unpaired) electrons. The maximum absolute atomic E-state index is 5.86. The van der Waals surface area contributed by atoms with E-state index in [0.29, 0.717) is 17.9 Å². The molecular weight excluding hydrogens is 250 g/mol. The van der Waals surface area contributed by atoms with Crippen molar-refractivity contribution in [2.45, 2.75) is 13.3 Å².